The number of hydrogen-bond acceptors (Lipinski definition) is 4. The molecule has 8 heteroatoms. The molecule has 2 heterocycles. The number of hydrogen-bond donors (Lipinski definition) is 2. The van der Waals surface area contributed by atoms with Crippen LogP contribution in [0, 0.1) is 0 Å². The second-order valence-electron chi connectivity index (χ2n) is 7.54. The Labute approximate surface area is 168 Å². The molecule has 2 N–H and O–H groups in total. The molecule has 1 amide bonds. The van der Waals surface area contributed by atoms with Gasteiger partial charge in [-0.15, -0.1) is 12.4 Å². The fourth-order valence-electron chi connectivity index (χ4n) is 3.89. The van der Waals surface area contributed by atoms with Gasteiger partial charge in [-0.05, 0) is 64.3 Å². The van der Waals surface area contributed by atoms with Gasteiger partial charge in [-0.3, -0.25) is 4.79 Å². The van der Waals surface area contributed by atoms with Crippen LogP contribution in [0.25, 0.3) is 0 Å². The van der Waals surface area contributed by atoms with Crippen LogP contribution in [-0.2, 0) is 10.0 Å². The van der Waals surface area contributed by atoms with Crippen LogP contribution in [0.5, 0.6) is 0 Å². The molecule has 3 unspecified atom stereocenters. The lowest BCUT2D eigenvalue weighted by molar-refractivity contribution is 0.0925. The number of amides is 1. The van der Waals surface area contributed by atoms with E-state index in [2.05, 4.69) is 17.6 Å². The van der Waals surface area contributed by atoms with Crippen LogP contribution >= 0.6 is 12.4 Å². The van der Waals surface area contributed by atoms with Gasteiger partial charge in [0.05, 0.1) is 4.90 Å². The average molecular weight is 416 g/mol. The second-order valence-corrected chi connectivity index (χ2v) is 9.43. The molecule has 0 aromatic heterocycles. The summed E-state index contributed by atoms with van der Waals surface area (Å²) < 4.78 is 27.6. The van der Waals surface area contributed by atoms with Crippen LogP contribution in [0.3, 0.4) is 0 Å². The summed E-state index contributed by atoms with van der Waals surface area (Å²) >= 11 is 0. The van der Waals surface area contributed by atoms with Crippen LogP contribution in [0.1, 0.15) is 56.3 Å². The molecular formula is C19H30ClN3O3S. The summed E-state index contributed by atoms with van der Waals surface area (Å²) in [6.07, 6.45) is 4.60. The van der Waals surface area contributed by atoms with E-state index in [1.807, 2.05) is 6.92 Å². The van der Waals surface area contributed by atoms with Crippen molar-refractivity contribution < 1.29 is 13.2 Å². The number of piperidine rings is 2. The first-order valence-electron chi connectivity index (χ1n) is 9.54. The molecule has 2 fully saturated rings. The van der Waals surface area contributed by atoms with Crippen molar-refractivity contribution in [2.75, 3.05) is 13.1 Å². The van der Waals surface area contributed by atoms with Gasteiger partial charge in [-0.2, -0.15) is 4.31 Å². The number of carbonyl (C=O) groups excluding carboxylic acids is 1. The monoisotopic (exact) mass is 415 g/mol. The number of nitrogens with zero attached hydrogens (tertiary/aromatic N) is 1. The summed E-state index contributed by atoms with van der Waals surface area (Å²) in [6, 6.07) is 6.93. The zero-order chi connectivity index (χ0) is 18.7. The maximum Gasteiger partial charge on any atom is 0.251 e. The van der Waals surface area contributed by atoms with Gasteiger partial charge < -0.3 is 10.6 Å². The summed E-state index contributed by atoms with van der Waals surface area (Å²) in [5.41, 5.74) is 0.405. The van der Waals surface area contributed by atoms with Gasteiger partial charge in [0.1, 0.15) is 0 Å². The number of carbonyl (C=O) groups is 1. The van der Waals surface area contributed by atoms with Crippen molar-refractivity contribution in [3.63, 3.8) is 0 Å². The van der Waals surface area contributed by atoms with E-state index in [9.17, 15) is 13.2 Å². The summed E-state index contributed by atoms with van der Waals surface area (Å²) in [6.45, 7) is 5.48. The SMILES string of the molecule is CC1CC(NC(=O)c2cccc(S(=O)(=O)N3CCCCC3C)c2)CCN1.Cl. The van der Waals surface area contributed by atoms with Crippen molar-refractivity contribution in [2.24, 2.45) is 0 Å². The van der Waals surface area contributed by atoms with E-state index >= 15 is 0 Å². The largest absolute Gasteiger partial charge is 0.349 e. The molecule has 152 valence electrons. The molecule has 2 aliphatic rings. The molecule has 6 nitrogen and oxygen atoms in total. The Kier molecular flexibility index (Phi) is 7.68. The van der Waals surface area contributed by atoms with Crippen molar-refractivity contribution in [2.45, 2.75) is 69.0 Å². The molecule has 0 radical (unpaired) electrons. The molecule has 0 bridgehead atoms. The Balaban J connectivity index is 0.00000261. The average Bonchev–Trinajstić information content (AvgIpc) is 2.62. The molecule has 3 rings (SSSR count). The highest BCUT2D eigenvalue weighted by atomic mass is 35.5. The number of sulfonamides is 1. The second kappa shape index (κ2) is 9.37. The summed E-state index contributed by atoms with van der Waals surface area (Å²) in [7, 11) is -3.57. The van der Waals surface area contributed by atoms with E-state index in [0.717, 1.165) is 38.6 Å². The number of nitrogens with one attached hydrogen (secondary N) is 2. The maximum atomic E-state index is 13.0. The quantitative estimate of drug-likeness (QED) is 0.792. The predicted molar refractivity (Wildman–Crippen MR) is 109 cm³/mol. The van der Waals surface area contributed by atoms with Gasteiger partial charge in [0.15, 0.2) is 0 Å². The van der Waals surface area contributed by atoms with Gasteiger partial charge >= 0.3 is 0 Å². The molecule has 1 aromatic rings. The third kappa shape index (κ3) is 5.22. The first-order valence-corrected chi connectivity index (χ1v) is 11.0. The minimum Gasteiger partial charge on any atom is -0.349 e. The van der Waals surface area contributed by atoms with Crippen molar-refractivity contribution >= 4 is 28.3 Å². The molecule has 2 saturated heterocycles. The van der Waals surface area contributed by atoms with E-state index in [1.165, 1.54) is 6.07 Å². The lowest BCUT2D eigenvalue weighted by Crippen LogP contribution is -2.46. The highest BCUT2D eigenvalue weighted by molar-refractivity contribution is 7.89. The minimum atomic E-state index is -3.57. The fraction of sp³-hybridized carbons (Fsp3) is 0.632. The molecule has 1 aromatic carbocycles. The highest BCUT2D eigenvalue weighted by Crippen LogP contribution is 2.25. The fourth-order valence-corrected chi connectivity index (χ4v) is 5.64. The molecule has 27 heavy (non-hydrogen) atoms. The summed E-state index contributed by atoms with van der Waals surface area (Å²) in [5, 5.41) is 6.40. The van der Waals surface area contributed by atoms with Gasteiger partial charge in [0.25, 0.3) is 5.91 Å². The van der Waals surface area contributed by atoms with E-state index in [4.69, 9.17) is 0 Å². The first kappa shape index (κ1) is 22.1. The smallest absolute Gasteiger partial charge is 0.251 e. The number of benzene rings is 1. The topological polar surface area (TPSA) is 78.5 Å². The molecular weight excluding hydrogens is 386 g/mol. The molecule has 0 saturated carbocycles. The van der Waals surface area contributed by atoms with Crippen LogP contribution in [0.4, 0.5) is 0 Å². The highest BCUT2D eigenvalue weighted by Gasteiger charge is 2.31. The van der Waals surface area contributed by atoms with Crippen molar-refractivity contribution in [3.05, 3.63) is 29.8 Å². The molecule has 0 aliphatic carbocycles. The Hall–Kier alpha value is -1.15. The third-order valence-electron chi connectivity index (χ3n) is 5.40. The van der Waals surface area contributed by atoms with Gasteiger partial charge in [0, 0.05) is 30.2 Å². The molecule has 3 atom stereocenters. The van der Waals surface area contributed by atoms with Gasteiger partial charge in [-0.25, -0.2) is 8.42 Å². The maximum absolute atomic E-state index is 13.0. The Morgan fingerprint density at radius 2 is 2.00 bits per heavy atom. The van der Waals surface area contributed by atoms with Crippen LogP contribution in [0.15, 0.2) is 29.2 Å². The van der Waals surface area contributed by atoms with Crippen molar-refractivity contribution in [3.8, 4) is 0 Å². The standard InChI is InChI=1S/C19H29N3O3S.ClH/c1-14-12-17(9-10-20-14)21-19(23)16-7-5-8-18(13-16)26(24,25)22-11-4-3-6-15(22)2;/h5,7-8,13-15,17,20H,3-4,6,9-12H2,1-2H3,(H,21,23);1H. The van der Waals surface area contributed by atoms with Gasteiger partial charge in [0.2, 0.25) is 10.0 Å². The lowest BCUT2D eigenvalue weighted by atomic mass is 10.0. The number of halogens is 1. The summed E-state index contributed by atoms with van der Waals surface area (Å²) in [5.74, 6) is -0.201. The van der Waals surface area contributed by atoms with Crippen LogP contribution < -0.4 is 10.6 Å². The Morgan fingerprint density at radius 1 is 1.22 bits per heavy atom. The Bertz CT molecular complexity index is 756. The first-order chi connectivity index (χ1) is 12.4. The molecule has 0 spiro atoms. The van der Waals surface area contributed by atoms with Crippen LogP contribution in [-0.4, -0.2) is 49.8 Å². The minimum absolute atomic E-state index is 0. The Morgan fingerprint density at radius 3 is 2.70 bits per heavy atom. The zero-order valence-electron chi connectivity index (χ0n) is 16.0. The van der Waals surface area contributed by atoms with Crippen LogP contribution in [0.2, 0.25) is 0 Å². The van der Waals surface area contributed by atoms with E-state index in [-0.39, 0.29) is 35.3 Å². The lowest BCUT2D eigenvalue weighted by Gasteiger charge is -2.32. The normalized spacial score (nSPS) is 26.8. The number of rotatable bonds is 4. The van der Waals surface area contributed by atoms with Crippen molar-refractivity contribution in [1.29, 1.82) is 0 Å². The zero-order valence-corrected chi connectivity index (χ0v) is 17.6. The van der Waals surface area contributed by atoms with E-state index < -0.39 is 10.0 Å². The summed E-state index contributed by atoms with van der Waals surface area (Å²) in [4.78, 5) is 12.8. The van der Waals surface area contributed by atoms with E-state index in [0.29, 0.717) is 18.2 Å². The van der Waals surface area contributed by atoms with Crippen molar-refractivity contribution in [1.82, 2.24) is 14.9 Å². The van der Waals surface area contributed by atoms with Gasteiger partial charge in [-0.1, -0.05) is 12.5 Å². The molecule has 2 aliphatic heterocycles. The van der Waals surface area contributed by atoms with E-state index in [1.54, 1.807) is 22.5 Å². The third-order valence-corrected chi connectivity index (χ3v) is 7.41. The predicted octanol–water partition coefficient (Wildman–Crippen LogP) is 2.54.